The lowest BCUT2D eigenvalue weighted by molar-refractivity contribution is -0.274. The standard InChI is InChI=1S/C18H20N2O5/c1-12(20(2)18(24,25)14-8-4-3-5-9-14)16(21)19-15-10-6-7-13(11-15)17(22)23/h3-12,24-25H,1-2H3,(H,19,21)(H,22,23). The van der Waals surface area contributed by atoms with Gasteiger partial charge in [-0.3, -0.25) is 4.79 Å². The first-order chi connectivity index (χ1) is 11.7. The summed E-state index contributed by atoms with van der Waals surface area (Å²) in [5.74, 6) is -3.94. The monoisotopic (exact) mass is 344 g/mol. The lowest BCUT2D eigenvalue weighted by atomic mass is 10.1. The molecule has 0 aromatic heterocycles. The Morgan fingerprint density at radius 3 is 2.32 bits per heavy atom. The van der Waals surface area contributed by atoms with Gasteiger partial charge in [-0.15, -0.1) is 0 Å². The summed E-state index contributed by atoms with van der Waals surface area (Å²) >= 11 is 0. The quantitative estimate of drug-likeness (QED) is 0.590. The smallest absolute Gasteiger partial charge is 0.335 e. The topological polar surface area (TPSA) is 110 Å². The number of nitrogens with zero attached hydrogens (tertiary/aromatic N) is 1. The second-order valence-electron chi connectivity index (χ2n) is 5.66. The van der Waals surface area contributed by atoms with Crippen molar-refractivity contribution in [3.63, 3.8) is 0 Å². The van der Waals surface area contributed by atoms with Gasteiger partial charge >= 0.3 is 5.97 Å². The minimum Gasteiger partial charge on any atom is -0.478 e. The first-order valence-corrected chi connectivity index (χ1v) is 7.61. The van der Waals surface area contributed by atoms with E-state index in [4.69, 9.17) is 5.11 Å². The number of likely N-dealkylation sites (N-methyl/N-ethyl adjacent to an activating group) is 1. The van der Waals surface area contributed by atoms with Gasteiger partial charge in [-0.05, 0) is 32.2 Å². The number of hydrogen-bond donors (Lipinski definition) is 4. The van der Waals surface area contributed by atoms with Crippen LogP contribution in [0.1, 0.15) is 22.8 Å². The van der Waals surface area contributed by atoms with Crippen molar-refractivity contribution < 1.29 is 24.9 Å². The van der Waals surface area contributed by atoms with Crippen LogP contribution in [-0.2, 0) is 10.7 Å². The zero-order valence-corrected chi connectivity index (χ0v) is 13.9. The van der Waals surface area contributed by atoms with E-state index in [1.807, 2.05) is 0 Å². The summed E-state index contributed by atoms with van der Waals surface area (Å²) in [6, 6.07) is 13.0. The van der Waals surface area contributed by atoms with E-state index in [1.165, 1.54) is 44.3 Å². The molecule has 2 rings (SSSR count). The number of aliphatic hydroxyl groups is 2. The third-order valence-electron chi connectivity index (χ3n) is 3.99. The van der Waals surface area contributed by atoms with Gasteiger partial charge in [-0.2, -0.15) is 0 Å². The Labute approximate surface area is 145 Å². The van der Waals surface area contributed by atoms with Crippen molar-refractivity contribution in [3.05, 3.63) is 65.7 Å². The molecule has 132 valence electrons. The number of carboxylic acids is 1. The molecule has 0 aliphatic rings. The van der Waals surface area contributed by atoms with E-state index in [2.05, 4.69) is 5.32 Å². The molecule has 0 bridgehead atoms. The van der Waals surface area contributed by atoms with E-state index in [9.17, 15) is 19.8 Å². The van der Waals surface area contributed by atoms with Crippen LogP contribution in [0.2, 0.25) is 0 Å². The molecule has 25 heavy (non-hydrogen) atoms. The number of rotatable bonds is 6. The third kappa shape index (κ3) is 4.21. The fraction of sp³-hybridized carbons (Fsp3) is 0.222. The van der Waals surface area contributed by atoms with E-state index in [0.29, 0.717) is 5.69 Å². The maximum Gasteiger partial charge on any atom is 0.335 e. The molecule has 4 N–H and O–H groups in total. The number of carboxylic acid groups (broad SMARTS) is 1. The minimum atomic E-state index is -2.33. The molecule has 2 aromatic carbocycles. The number of carbonyl (C=O) groups is 2. The van der Waals surface area contributed by atoms with Crippen molar-refractivity contribution >= 4 is 17.6 Å². The number of hydrogen-bond acceptors (Lipinski definition) is 5. The predicted octanol–water partition coefficient (Wildman–Crippen LogP) is 1.44. The molecule has 0 saturated carbocycles. The third-order valence-corrected chi connectivity index (χ3v) is 3.99. The first-order valence-electron chi connectivity index (χ1n) is 7.61. The minimum absolute atomic E-state index is 0.0433. The van der Waals surface area contributed by atoms with Gasteiger partial charge in [0.25, 0.3) is 5.91 Å². The zero-order valence-electron chi connectivity index (χ0n) is 13.9. The lowest BCUT2D eigenvalue weighted by Gasteiger charge is -2.35. The number of aromatic carboxylic acids is 1. The number of anilines is 1. The molecule has 0 aliphatic heterocycles. The van der Waals surface area contributed by atoms with E-state index < -0.39 is 23.8 Å². The fourth-order valence-electron chi connectivity index (χ4n) is 2.29. The van der Waals surface area contributed by atoms with Crippen molar-refractivity contribution in [2.45, 2.75) is 18.9 Å². The summed E-state index contributed by atoms with van der Waals surface area (Å²) in [6.45, 7) is 1.51. The molecule has 1 amide bonds. The molecular weight excluding hydrogens is 324 g/mol. The molecule has 0 heterocycles. The van der Waals surface area contributed by atoms with Gasteiger partial charge in [-0.1, -0.05) is 36.4 Å². The lowest BCUT2D eigenvalue weighted by Crippen LogP contribution is -2.52. The summed E-state index contributed by atoms with van der Waals surface area (Å²) in [6.07, 6.45) is 0. The van der Waals surface area contributed by atoms with Crippen LogP contribution >= 0.6 is 0 Å². The summed E-state index contributed by atoms with van der Waals surface area (Å²) in [5.41, 5.74) is 0.582. The molecule has 0 aliphatic carbocycles. The van der Waals surface area contributed by atoms with Gasteiger partial charge in [-0.25, -0.2) is 9.69 Å². The summed E-state index contributed by atoms with van der Waals surface area (Å²) in [4.78, 5) is 24.5. The van der Waals surface area contributed by atoms with Gasteiger partial charge in [0.05, 0.1) is 11.6 Å². The molecule has 7 heteroatoms. The summed E-state index contributed by atoms with van der Waals surface area (Å²) in [5, 5.41) is 32.3. The second kappa shape index (κ2) is 7.43. The highest BCUT2D eigenvalue weighted by Gasteiger charge is 2.36. The maximum atomic E-state index is 12.4. The average molecular weight is 344 g/mol. The van der Waals surface area contributed by atoms with E-state index in [-0.39, 0.29) is 11.1 Å². The van der Waals surface area contributed by atoms with E-state index >= 15 is 0 Å². The van der Waals surface area contributed by atoms with Crippen LogP contribution in [0.3, 0.4) is 0 Å². The Morgan fingerprint density at radius 1 is 1.08 bits per heavy atom. The van der Waals surface area contributed by atoms with Crippen molar-refractivity contribution in [3.8, 4) is 0 Å². The summed E-state index contributed by atoms with van der Waals surface area (Å²) < 4.78 is 0. The number of amides is 1. The normalized spacial score (nSPS) is 12.7. The van der Waals surface area contributed by atoms with Gasteiger partial charge in [0.2, 0.25) is 5.91 Å². The predicted molar refractivity (Wildman–Crippen MR) is 91.8 cm³/mol. The molecule has 0 spiro atoms. The van der Waals surface area contributed by atoms with Gasteiger partial charge in [0.15, 0.2) is 0 Å². The number of carbonyl (C=O) groups excluding carboxylic acids is 1. The van der Waals surface area contributed by atoms with Crippen LogP contribution in [0.4, 0.5) is 5.69 Å². The SMILES string of the molecule is CC(C(=O)Nc1cccc(C(=O)O)c1)N(C)C(O)(O)c1ccccc1. The largest absolute Gasteiger partial charge is 0.478 e. The highest BCUT2D eigenvalue weighted by atomic mass is 16.5. The molecule has 0 saturated heterocycles. The molecule has 1 atom stereocenters. The highest BCUT2D eigenvalue weighted by molar-refractivity contribution is 5.96. The van der Waals surface area contributed by atoms with Crippen LogP contribution in [0.15, 0.2) is 54.6 Å². The van der Waals surface area contributed by atoms with Crippen molar-refractivity contribution in [2.24, 2.45) is 0 Å². The van der Waals surface area contributed by atoms with Crippen LogP contribution in [0.5, 0.6) is 0 Å². The highest BCUT2D eigenvalue weighted by Crippen LogP contribution is 2.23. The molecule has 0 radical (unpaired) electrons. The Kier molecular flexibility index (Phi) is 5.53. The molecule has 7 nitrogen and oxygen atoms in total. The molecule has 2 aromatic rings. The number of benzene rings is 2. The molecule has 1 unspecified atom stereocenters. The number of nitrogens with one attached hydrogen (secondary N) is 1. The summed E-state index contributed by atoms with van der Waals surface area (Å²) in [7, 11) is 1.41. The molecule has 0 fully saturated rings. The van der Waals surface area contributed by atoms with Crippen LogP contribution in [0.25, 0.3) is 0 Å². The first kappa shape index (κ1) is 18.6. The van der Waals surface area contributed by atoms with E-state index in [1.54, 1.807) is 24.3 Å². The fourth-order valence-corrected chi connectivity index (χ4v) is 2.29. The van der Waals surface area contributed by atoms with Gasteiger partial charge in [0.1, 0.15) is 0 Å². The van der Waals surface area contributed by atoms with Crippen molar-refractivity contribution in [1.29, 1.82) is 0 Å². The zero-order chi connectivity index (χ0) is 18.6. The Bertz CT molecular complexity index is 761. The van der Waals surface area contributed by atoms with Gasteiger partial charge in [0, 0.05) is 11.3 Å². The van der Waals surface area contributed by atoms with Crippen molar-refractivity contribution in [2.75, 3.05) is 12.4 Å². The Morgan fingerprint density at radius 2 is 1.72 bits per heavy atom. The van der Waals surface area contributed by atoms with Crippen LogP contribution in [0, 0.1) is 0 Å². The van der Waals surface area contributed by atoms with Gasteiger partial charge < -0.3 is 20.6 Å². The second-order valence-corrected chi connectivity index (χ2v) is 5.66. The maximum absolute atomic E-state index is 12.4. The molecular formula is C18H20N2O5. The van der Waals surface area contributed by atoms with Crippen LogP contribution in [-0.4, -0.2) is 45.2 Å². The van der Waals surface area contributed by atoms with Crippen molar-refractivity contribution in [1.82, 2.24) is 4.90 Å². The Hall–Kier alpha value is -2.74. The van der Waals surface area contributed by atoms with E-state index in [0.717, 1.165) is 4.90 Å². The Balaban J connectivity index is 2.14. The average Bonchev–Trinajstić information content (AvgIpc) is 2.61. The van der Waals surface area contributed by atoms with Crippen LogP contribution < -0.4 is 5.32 Å².